The fourth-order valence-corrected chi connectivity index (χ4v) is 2.58. The molecule has 2 saturated heterocycles. The molecule has 1 aromatic rings. The lowest BCUT2D eigenvalue weighted by Crippen LogP contribution is -2.27. The molecule has 3 rings (SSSR count). The SMILES string of the molecule is N#Cc1ccnc(N2C[C@H]3CNC[C@H]3C2)n1. The zero-order chi connectivity index (χ0) is 11.0. The number of hydrogen-bond acceptors (Lipinski definition) is 5. The van der Waals surface area contributed by atoms with Gasteiger partial charge in [-0.1, -0.05) is 0 Å². The van der Waals surface area contributed by atoms with Crippen LogP contribution >= 0.6 is 0 Å². The van der Waals surface area contributed by atoms with Crippen LogP contribution in [0, 0.1) is 23.2 Å². The van der Waals surface area contributed by atoms with Crippen LogP contribution in [0.5, 0.6) is 0 Å². The molecule has 3 heterocycles. The summed E-state index contributed by atoms with van der Waals surface area (Å²) >= 11 is 0. The number of rotatable bonds is 1. The maximum absolute atomic E-state index is 8.80. The van der Waals surface area contributed by atoms with E-state index in [1.807, 2.05) is 0 Å². The summed E-state index contributed by atoms with van der Waals surface area (Å²) in [6, 6.07) is 3.69. The van der Waals surface area contributed by atoms with Gasteiger partial charge in [-0.2, -0.15) is 5.26 Å². The van der Waals surface area contributed by atoms with Gasteiger partial charge >= 0.3 is 0 Å². The number of fused-ring (bicyclic) bond motifs is 1. The predicted molar refractivity (Wildman–Crippen MR) is 58.8 cm³/mol. The minimum Gasteiger partial charge on any atom is -0.340 e. The monoisotopic (exact) mass is 215 g/mol. The van der Waals surface area contributed by atoms with Gasteiger partial charge in [-0.15, -0.1) is 0 Å². The van der Waals surface area contributed by atoms with Gasteiger partial charge in [-0.3, -0.25) is 0 Å². The molecule has 16 heavy (non-hydrogen) atoms. The Balaban J connectivity index is 1.81. The Hall–Kier alpha value is -1.67. The highest BCUT2D eigenvalue weighted by Gasteiger charge is 2.36. The van der Waals surface area contributed by atoms with E-state index in [0.29, 0.717) is 23.5 Å². The standard InChI is InChI=1S/C11H13N5/c12-3-10-1-2-14-11(15-10)16-6-8-4-13-5-9(8)7-16/h1-2,8-9,13H,4-7H2/t8-,9+. The van der Waals surface area contributed by atoms with Gasteiger partial charge in [-0.25, -0.2) is 9.97 Å². The zero-order valence-electron chi connectivity index (χ0n) is 8.93. The molecule has 0 spiro atoms. The van der Waals surface area contributed by atoms with Gasteiger partial charge in [0.25, 0.3) is 0 Å². The summed E-state index contributed by atoms with van der Waals surface area (Å²) in [5.74, 6) is 2.14. The Morgan fingerprint density at radius 2 is 2.12 bits per heavy atom. The molecule has 0 bridgehead atoms. The van der Waals surface area contributed by atoms with Crippen LogP contribution in [-0.4, -0.2) is 36.1 Å². The Morgan fingerprint density at radius 3 is 2.81 bits per heavy atom. The average molecular weight is 215 g/mol. The van der Waals surface area contributed by atoms with E-state index in [2.05, 4.69) is 26.3 Å². The first-order valence-corrected chi connectivity index (χ1v) is 5.55. The summed E-state index contributed by atoms with van der Waals surface area (Å²) in [6.45, 7) is 4.21. The third-order valence-electron chi connectivity index (χ3n) is 3.43. The van der Waals surface area contributed by atoms with Gasteiger partial charge in [0.05, 0.1) is 0 Å². The summed E-state index contributed by atoms with van der Waals surface area (Å²) in [4.78, 5) is 10.7. The number of anilines is 1. The Kier molecular flexibility index (Phi) is 2.22. The first-order chi connectivity index (χ1) is 7.86. The molecule has 0 aliphatic carbocycles. The van der Waals surface area contributed by atoms with E-state index in [9.17, 15) is 0 Å². The molecule has 0 saturated carbocycles. The van der Waals surface area contributed by atoms with E-state index in [-0.39, 0.29) is 0 Å². The highest BCUT2D eigenvalue weighted by molar-refractivity contribution is 5.35. The zero-order valence-corrected chi connectivity index (χ0v) is 8.93. The first kappa shape index (κ1) is 9.55. The highest BCUT2D eigenvalue weighted by Crippen LogP contribution is 2.28. The second kappa shape index (κ2) is 3.72. The van der Waals surface area contributed by atoms with Crippen LogP contribution in [0.4, 0.5) is 5.95 Å². The summed E-state index contributed by atoms with van der Waals surface area (Å²) < 4.78 is 0. The van der Waals surface area contributed by atoms with Crippen molar-refractivity contribution in [2.45, 2.75) is 0 Å². The summed E-state index contributed by atoms with van der Waals surface area (Å²) in [7, 11) is 0. The Bertz CT molecular complexity index is 426. The molecule has 2 aliphatic rings. The van der Waals surface area contributed by atoms with E-state index in [1.54, 1.807) is 12.3 Å². The van der Waals surface area contributed by atoms with Crippen molar-refractivity contribution >= 4 is 5.95 Å². The molecule has 2 atom stereocenters. The van der Waals surface area contributed by atoms with Crippen molar-refractivity contribution in [3.63, 3.8) is 0 Å². The van der Waals surface area contributed by atoms with E-state index in [0.717, 1.165) is 26.2 Å². The maximum Gasteiger partial charge on any atom is 0.226 e. The van der Waals surface area contributed by atoms with Crippen molar-refractivity contribution in [2.75, 3.05) is 31.1 Å². The summed E-state index contributed by atoms with van der Waals surface area (Å²) in [6.07, 6.45) is 1.66. The molecular formula is C11H13N5. The normalized spacial score (nSPS) is 27.8. The van der Waals surface area contributed by atoms with Crippen LogP contribution in [0.3, 0.4) is 0 Å². The third-order valence-corrected chi connectivity index (χ3v) is 3.43. The molecule has 2 fully saturated rings. The van der Waals surface area contributed by atoms with Gasteiger partial charge in [0, 0.05) is 32.4 Å². The largest absolute Gasteiger partial charge is 0.340 e. The van der Waals surface area contributed by atoms with Crippen LogP contribution < -0.4 is 10.2 Å². The van der Waals surface area contributed by atoms with E-state index < -0.39 is 0 Å². The van der Waals surface area contributed by atoms with Gasteiger partial charge in [0.2, 0.25) is 5.95 Å². The lowest BCUT2D eigenvalue weighted by atomic mass is 10.0. The van der Waals surface area contributed by atoms with Crippen molar-refractivity contribution in [2.24, 2.45) is 11.8 Å². The van der Waals surface area contributed by atoms with Crippen LogP contribution in [0.25, 0.3) is 0 Å². The van der Waals surface area contributed by atoms with Crippen molar-refractivity contribution in [3.05, 3.63) is 18.0 Å². The third kappa shape index (κ3) is 1.51. The maximum atomic E-state index is 8.80. The lowest BCUT2D eigenvalue weighted by molar-refractivity contribution is 0.533. The molecule has 0 amide bonds. The molecule has 2 aliphatic heterocycles. The number of nitriles is 1. The molecule has 82 valence electrons. The molecule has 5 nitrogen and oxygen atoms in total. The fraction of sp³-hybridized carbons (Fsp3) is 0.545. The number of nitrogens with zero attached hydrogens (tertiary/aromatic N) is 4. The molecule has 0 radical (unpaired) electrons. The van der Waals surface area contributed by atoms with Crippen LogP contribution in [0.15, 0.2) is 12.3 Å². The van der Waals surface area contributed by atoms with Crippen LogP contribution in [0.2, 0.25) is 0 Å². The topological polar surface area (TPSA) is 64.8 Å². The first-order valence-electron chi connectivity index (χ1n) is 5.55. The van der Waals surface area contributed by atoms with Crippen molar-refractivity contribution < 1.29 is 0 Å². The minimum absolute atomic E-state index is 0.445. The molecule has 5 heteroatoms. The predicted octanol–water partition coefficient (Wildman–Crippen LogP) is 0.00388. The van der Waals surface area contributed by atoms with Crippen molar-refractivity contribution in [1.29, 1.82) is 5.26 Å². The van der Waals surface area contributed by atoms with Gasteiger partial charge in [0.1, 0.15) is 11.8 Å². The lowest BCUT2D eigenvalue weighted by Gasteiger charge is -2.16. The average Bonchev–Trinajstić information content (AvgIpc) is 2.89. The molecule has 0 unspecified atom stereocenters. The van der Waals surface area contributed by atoms with E-state index >= 15 is 0 Å². The van der Waals surface area contributed by atoms with E-state index in [4.69, 9.17) is 5.26 Å². The Labute approximate surface area is 94.1 Å². The minimum atomic E-state index is 0.445. The molecule has 1 N–H and O–H groups in total. The number of hydrogen-bond donors (Lipinski definition) is 1. The number of nitrogens with one attached hydrogen (secondary N) is 1. The molecule has 0 aromatic carbocycles. The van der Waals surface area contributed by atoms with Gasteiger partial charge < -0.3 is 10.2 Å². The van der Waals surface area contributed by atoms with Crippen molar-refractivity contribution in [3.8, 4) is 6.07 Å². The molecule has 1 aromatic heterocycles. The quantitative estimate of drug-likeness (QED) is 0.714. The van der Waals surface area contributed by atoms with Crippen LogP contribution in [0.1, 0.15) is 5.69 Å². The van der Waals surface area contributed by atoms with E-state index in [1.165, 1.54) is 0 Å². The smallest absolute Gasteiger partial charge is 0.226 e. The highest BCUT2D eigenvalue weighted by atomic mass is 15.3. The molecular weight excluding hydrogens is 202 g/mol. The van der Waals surface area contributed by atoms with Crippen molar-refractivity contribution in [1.82, 2.24) is 15.3 Å². The van der Waals surface area contributed by atoms with Crippen LogP contribution in [-0.2, 0) is 0 Å². The number of aromatic nitrogens is 2. The van der Waals surface area contributed by atoms with Gasteiger partial charge in [0.15, 0.2) is 0 Å². The second-order valence-corrected chi connectivity index (χ2v) is 4.44. The summed E-state index contributed by atoms with van der Waals surface area (Å²) in [5.41, 5.74) is 0.445. The Morgan fingerprint density at radius 1 is 1.38 bits per heavy atom. The second-order valence-electron chi connectivity index (χ2n) is 4.44. The summed E-state index contributed by atoms with van der Waals surface area (Å²) in [5, 5.41) is 12.2. The fourth-order valence-electron chi connectivity index (χ4n) is 2.58. The van der Waals surface area contributed by atoms with Gasteiger partial charge in [-0.05, 0) is 17.9 Å².